The molecule has 0 atom stereocenters. The van der Waals surface area contributed by atoms with Crippen molar-refractivity contribution in [1.29, 1.82) is 0 Å². The largest absolute Gasteiger partial charge is 0.321 e. The molecule has 3 aromatic rings. The average molecular weight is 390 g/mol. The maximum Gasteiger partial charge on any atom is 0.267 e. The molecule has 1 heterocycles. The van der Waals surface area contributed by atoms with Gasteiger partial charge in [0.05, 0.1) is 5.69 Å². The van der Waals surface area contributed by atoms with Gasteiger partial charge in [-0.25, -0.2) is 9.37 Å². The lowest BCUT2D eigenvalue weighted by atomic mass is 10.2. The van der Waals surface area contributed by atoms with Crippen LogP contribution in [-0.2, 0) is 0 Å². The Balaban J connectivity index is 1.74. The van der Waals surface area contributed by atoms with Crippen LogP contribution in [0.15, 0.2) is 48.5 Å². The number of benzene rings is 2. The van der Waals surface area contributed by atoms with Crippen molar-refractivity contribution in [3.63, 3.8) is 0 Å². The normalized spacial score (nSPS) is 10.4. The molecule has 5 nitrogen and oxygen atoms in total. The highest BCUT2D eigenvalue weighted by Gasteiger charge is 2.17. The molecular weight excluding hydrogens is 377 g/mol. The van der Waals surface area contributed by atoms with Gasteiger partial charge in [0.2, 0.25) is 0 Å². The summed E-state index contributed by atoms with van der Waals surface area (Å²) in [6, 6.07) is 12.1. The molecule has 2 N–H and O–H groups in total. The number of hydrogen-bond donors (Lipinski definition) is 2. The van der Waals surface area contributed by atoms with Gasteiger partial charge in [-0.05, 0) is 43.3 Å². The van der Waals surface area contributed by atoms with Gasteiger partial charge in [0.25, 0.3) is 11.8 Å². The molecule has 8 heteroatoms. The van der Waals surface area contributed by atoms with Crippen LogP contribution in [0.4, 0.5) is 15.2 Å². The van der Waals surface area contributed by atoms with E-state index < -0.39 is 11.7 Å². The first-order valence-corrected chi connectivity index (χ1v) is 8.73. The molecule has 132 valence electrons. The summed E-state index contributed by atoms with van der Waals surface area (Å²) in [6.45, 7) is 1.67. The van der Waals surface area contributed by atoms with Gasteiger partial charge in [-0.3, -0.25) is 14.9 Å². The predicted octanol–water partition coefficient (Wildman–Crippen LogP) is 4.75. The number of aromatic nitrogens is 1. The van der Waals surface area contributed by atoms with Gasteiger partial charge >= 0.3 is 0 Å². The van der Waals surface area contributed by atoms with Crippen LogP contribution in [0.1, 0.15) is 25.7 Å². The molecule has 0 aliphatic rings. The Morgan fingerprint density at radius 1 is 1.08 bits per heavy atom. The molecule has 0 saturated carbocycles. The van der Waals surface area contributed by atoms with E-state index in [0.29, 0.717) is 21.3 Å². The zero-order chi connectivity index (χ0) is 18.7. The monoisotopic (exact) mass is 389 g/mol. The number of thiazole rings is 1. The van der Waals surface area contributed by atoms with Gasteiger partial charge < -0.3 is 5.32 Å². The smallest absolute Gasteiger partial charge is 0.267 e. The van der Waals surface area contributed by atoms with Crippen molar-refractivity contribution in [3.05, 3.63) is 75.5 Å². The van der Waals surface area contributed by atoms with Crippen molar-refractivity contribution in [2.24, 2.45) is 0 Å². The van der Waals surface area contributed by atoms with Crippen LogP contribution in [0.25, 0.3) is 0 Å². The maximum atomic E-state index is 13.2. The Bertz CT molecular complexity index is 990. The number of halogens is 2. The lowest BCUT2D eigenvalue weighted by molar-refractivity contribution is 0.101. The molecule has 3 rings (SSSR count). The minimum Gasteiger partial charge on any atom is -0.321 e. The first kappa shape index (κ1) is 18.0. The number of hydrogen-bond acceptors (Lipinski definition) is 4. The summed E-state index contributed by atoms with van der Waals surface area (Å²) in [5.41, 5.74) is 1.20. The minimum absolute atomic E-state index is 0.169. The maximum absolute atomic E-state index is 13.2. The lowest BCUT2D eigenvalue weighted by Crippen LogP contribution is -2.11. The highest BCUT2D eigenvalue weighted by molar-refractivity contribution is 7.17. The zero-order valence-electron chi connectivity index (χ0n) is 13.5. The molecule has 0 saturated heterocycles. The van der Waals surface area contributed by atoms with Crippen molar-refractivity contribution >= 4 is 45.6 Å². The molecule has 0 spiro atoms. The fourth-order valence-electron chi connectivity index (χ4n) is 2.21. The SMILES string of the molecule is Cc1nc(NC(=O)c2cccc(F)c2)sc1C(=O)Nc1cccc(Cl)c1. The van der Waals surface area contributed by atoms with E-state index in [1.54, 1.807) is 31.2 Å². The number of carbonyl (C=O) groups excluding carboxylic acids is 2. The van der Waals surface area contributed by atoms with Crippen molar-refractivity contribution in [2.45, 2.75) is 6.92 Å². The molecule has 0 aliphatic carbocycles. The number of nitrogens with zero attached hydrogens (tertiary/aromatic N) is 1. The minimum atomic E-state index is -0.505. The number of carbonyl (C=O) groups is 2. The summed E-state index contributed by atoms with van der Waals surface area (Å²) in [7, 11) is 0. The van der Waals surface area contributed by atoms with Gasteiger partial charge in [0.1, 0.15) is 10.7 Å². The van der Waals surface area contributed by atoms with E-state index >= 15 is 0 Å². The Kier molecular flexibility index (Phi) is 5.29. The number of anilines is 2. The van der Waals surface area contributed by atoms with Crippen molar-refractivity contribution in [2.75, 3.05) is 10.6 Å². The molecule has 2 aromatic carbocycles. The standard InChI is InChI=1S/C18H13ClFN3O2S/c1-10-15(17(25)22-14-7-3-5-12(19)9-14)26-18(21-10)23-16(24)11-4-2-6-13(20)8-11/h2-9H,1H3,(H,22,25)(H,21,23,24). The summed E-state index contributed by atoms with van der Waals surface area (Å²) in [5, 5.41) is 6.07. The van der Waals surface area contributed by atoms with Crippen LogP contribution < -0.4 is 10.6 Å². The van der Waals surface area contributed by atoms with E-state index in [9.17, 15) is 14.0 Å². The van der Waals surface area contributed by atoms with E-state index in [0.717, 1.165) is 17.4 Å². The summed E-state index contributed by atoms with van der Waals surface area (Å²) in [5.74, 6) is -1.36. The van der Waals surface area contributed by atoms with Crippen LogP contribution in [0.2, 0.25) is 5.02 Å². The molecular formula is C18H13ClFN3O2S. The van der Waals surface area contributed by atoms with Crippen molar-refractivity contribution < 1.29 is 14.0 Å². The van der Waals surface area contributed by atoms with E-state index in [4.69, 9.17) is 11.6 Å². The fourth-order valence-corrected chi connectivity index (χ4v) is 3.26. The summed E-state index contributed by atoms with van der Waals surface area (Å²) >= 11 is 6.94. The van der Waals surface area contributed by atoms with E-state index in [1.807, 2.05) is 0 Å². The summed E-state index contributed by atoms with van der Waals surface area (Å²) in [4.78, 5) is 29.1. The molecule has 0 unspecified atom stereocenters. The molecule has 0 bridgehead atoms. The van der Waals surface area contributed by atoms with E-state index in [2.05, 4.69) is 15.6 Å². The van der Waals surface area contributed by atoms with Gasteiger partial charge in [-0.2, -0.15) is 0 Å². The topological polar surface area (TPSA) is 71.1 Å². The second-order valence-electron chi connectivity index (χ2n) is 5.36. The highest BCUT2D eigenvalue weighted by atomic mass is 35.5. The molecule has 2 amide bonds. The van der Waals surface area contributed by atoms with Crippen LogP contribution in [0, 0.1) is 12.7 Å². The van der Waals surface area contributed by atoms with Gasteiger partial charge in [0.15, 0.2) is 5.13 Å². The first-order chi connectivity index (χ1) is 12.4. The van der Waals surface area contributed by atoms with Crippen LogP contribution in [0.3, 0.4) is 0 Å². The van der Waals surface area contributed by atoms with Gasteiger partial charge in [-0.15, -0.1) is 0 Å². The third-order valence-corrected chi connectivity index (χ3v) is 4.70. The lowest BCUT2D eigenvalue weighted by Gasteiger charge is -2.04. The summed E-state index contributed by atoms with van der Waals surface area (Å²) < 4.78 is 13.2. The second-order valence-corrected chi connectivity index (χ2v) is 6.80. The van der Waals surface area contributed by atoms with Gasteiger partial charge in [0, 0.05) is 16.3 Å². The summed E-state index contributed by atoms with van der Waals surface area (Å²) in [6.07, 6.45) is 0. The van der Waals surface area contributed by atoms with Crippen LogP contribution >= 0.6 is 22.9 Å². The Morgan fingerprint density at radius 3 is 2.58 bits per heavy atom. The number of nitrogens with one attached hydrogen (secondary N) is 2. The third kappa shape index (κ3) is 4.25. The van der Waals surface area contributed by atoms with Crippen molar-refractivity contribution in [3.8, 4) is 0 Å². The molecule has 0 aliphatic heterocycles. The number of rotatable bonds is 4. The first-order valence-electron chi connectivity index (χ1n) is 7.53. The Labute approximate surface area is 157 Å². The predicted molar refractivity (Wildman–Crippen MR) is 101 cm³/mol. The van der Waals surface area contributed by atoms with Crippen LogP contribution in [-0.4, -0.2) is 16.8 Å². The average Bonchev–Trinajstić information content (AvgIpc) is 2.95. The van der Waals surface area contributed by atoms with Crippen molar-refractivity contribution in [1.82, 2.24) is 4.98 Å². The molecule has 1 aromatic heterocycles. The Hall–Kier alpha value is -2.77. The second kappa shape index (κ2) is 7.63. The third-order valence-electron chi connectivity index (χ3n) is 3.39. The number of aryl methyl sites for hydroxylation is 1. The fraction of sp³-hybridized carbons (Fsp3) is 0.0556. The number of amides is 2. The van der Waals surface area contributed by atoms with E-state index in [-0.39, 0.29) is 16.6 Å². The quantitative estimate of drug-likeness (QED) is 0.676. The zero-order valence-corrected chi connectivity index (χ0v) is 15.1. The molecule has 0 fully saturated rings. The molecule has 26 heavy (non-hydrogen) atoms. The van der Waals surface area contributed by atoms with E-state index in [1.165, 1.54) is 18.2 Å². The molecule has 0 radical (unpaired) electrons. The van der Waals surface area contributed by atoms with Gasteiger partial charge in [-0.1, -0.05) is 35.1 Å². The Morgan fingerprint density at radius 2 is 1.85 bits per heavy atom. The van der Waals surface area contributed by atoms with Crippen LogP contribution in [0.5, 0.6) is 0 Å². The highest BCUT2D eigenvalue weighted by Crippen LogP contribution is 2.25.